The molecule has 1 aliphatic heterocycles. The fourth-order valence-corrected chi connectivity index (χ4v) is 3.97. The molecule has 2 atom stereocenters. The highest BCUT2D eigenvalue weighted by molar-refractivity contribution is 6.01. The summed E-state index contributed by atoms with van der Waals surface area (Å²) in [5, 5.41) is 14.9. The second-order valence-electron chi connectivity index (χ2n) is 8.14. The fraction of sp³-hybridized carbons (Fsp3) is 0.269. The number of aliphatic hydroxyl groups is 1. The lowest BCUT2D eigenvalue weighted by Gasteiger charge is -2.27. The van der Waals surface area contributed by atoms with Gasteiger partial charge in [0.25, 0.3) is 0 Å². The lowest BCUT2D eigenvalue weighted by atomic mass is 10.0. The van der Waals surface area contributed by atoms with Crippen molar-refractivity contribution >= 4 is 5.71 Å². The molecular formula is C26H26F2N2O2. The van der Waals surface area contributed by atoms with Crippen LogP contribution in [0.25, 0.3) is 0 Å². The van der Waals surface area contributed by atoms with Gasteiger partial charge < -0.3 is 9.94 Å². The van der Waals surface area contributed by atoms with Crippen LogP contribution in [-0.4, -0.2) is 41.0 Å². The molecule has 0 aliphatic carbocycles. The van der Waals surface area contributed by atoms with Crippen LogP contribution in [0, 0.1) is 11.6 Å². The molecule has 0 saturated heterocycles. The van der Waals surface area contributed by atoms with Gasteiger partial charge in [-0.1, -0.05) is 59.8 Å². The highest BCUT2D eigenvalue weighted by Gasteiger charge is 2.26. The summed E-state index contributed by atoms with van der Waals surface area (Å²) in [6.45, 7) is 1.42. The quantitative estimate of drug-likeness (QED) is 0.535. The predicted octanol–water partition coefficient (Wildman–Crippen LogP) is 4.56. The number of oxime groups is 1. The second kappa shape index (κ2) is 10.5. The largest absolute Gasteiger partial charge is 0.391 e. The Balaban J connectivity index is 1.41. The van der Waals surface area contributed by atoms with Crippen LogP contribution in [0.1, 0.15) is 23.1 Å². The van der Waals surface area contributed by atoms with Crippen molar-refractivity contribution in [2.45, 2.75) is 31.6 Å². The number of hydrogen-bond acceptors (Lipinski definition) is 4. The van der Waals surface area contributed by atoms with E-state index in [0.717, 1.165) is 22.4 Å². The first-order chi connectivity index (χ1) is 15.5. The molecule has 6 heteroatoms. The Morgan fingerprint density at radius 1 is 0.938 bits per heavy atom. The number of nitrogens with zero attached hydrogens (tertiary/aromatic N) is 2. The molecule has 0 bridgehead atoms. The Kier molecular flexibility index (Phi) is 7.24. The number of aliphatic hydroxyl groups excluding tert-OH is 1. The van der Waals surface area contributed by atoms with Crippen LogP contribution in [0.3, 0.4) is 0 Å². The van der Waals surface area contributed by atoms with Gasteiger partial charge in [-0.05, 0) is 47.4 Å². The van der Waals surface area contributed by atoms with Crippen molar-refractivity contribution in [1.29, 1.82) is 0 Å². The third-order valence-corrected chi connectivity index (χ3v) is 5.45. The molecule has 166 valence electrons. The van der Waals surface area contributed by atoms with E-state index >= 15 is 0 Å². The van der Waals surface area contributed by atoms with Gasteiger partial charge in [-0.15, -0.1) is 0 Å². The van der Waals surface area contributed by atoms with Gasteiger partial charge in [0, 0.05) is 26.1 Å². The van der Waals surface area contributed by atoms with Gasteiger partial charge in [-0.3, -0.25) is 4.90 Å². The summed E-state index contributed by atoms with van der Waals surface area (Å²) < 4.78 is 26.9. The molecule has 4 nitrogen and oxygen atoms in total. The minimum Gasteiger partial charge on any atom is -0.391 e. The maximum absolute atomic E-state index is 13.7. The number of benzene rings is 3. The molecule has 0 spiro atoms. The van der Waals surface area contributed by atoms with Crippen molar-refractivity contribution < 1.29 is 18.7 Å². The predicted molar refractivity (Wildman–Crippen MR) is 120 cm³/mol. The fourth-order valence-electron chi connectivity index (χ4n) is 3.97. The van der Waals surface area contributed by atoms with Gasteiger partial charge in [-0.2, -0.15) is 0 Å². The zero-order valence-electron chi connectivity index (χ0n) is 17.7. The molecule has 32 heavy (non-hydrogen) atoms. The summed E-state index contributed by atoms with van der Waals surface area (Å²) >= 11 is 0. The van der Waals surface area contributed by atoms with E-state index < -0.39 is 6.10 Å². The number of halogens is 2. The third kappa shape index (κ3) is 6.22. The normalized spacial score (nSPS) is 16.6. The minimum atomic E-state index is -0.579. The molecule has 3 aromatic rings. The number of rotatable bonds is 9. The van der Waals surface area contributed by atoms with E-state index in [1.165, 1.54) is 24.3 Å². The van der Waals surface area contributed by atoms with Crippen molar-refractivity contribution in [3.8, 4) is 0 Å². The maximum Gasteiger partial charge on any atom is 0.145 e. The third-order valence-electron chi connectivity index (χ3n) is 5.45. The molecular weight excluding hydrogens is 410 g/mol. The van der Waals surface area contributed by atoms with E-state index in [-0.39, 0.29) is 17.7 Å². The highest BCUT2D eigenvalue weighted by atomic mass is 19.1. The van der Waals surface area contributed by atoms with Crippen LogP contribution in [-0.2, 0) is 17.8 Å². The van der Waals surface area contributed by atoms with Gasteiger partial charge in [0.1, 0.15) is 17.7 Å². The lowest BCUT2D eigenvalue weighted by molar-refractivity contribution is 0.0322. The molecule has 0 fully saturated rings. The van der Waals surface area contributed by atoms with E-state index in [1.54, 1.807) is 18.2 Å². The van der Waals surface area contributed by atoms with Crippen molar-refractivity contribution in [1.82, 2.24) is 4.90 Å². The van der Waals surface area contributed by atoms with Crippen LogP contribution in [0.4, 0.5) is 8.78 Å². The molecule has 2 unspecified atom stereocenters. The highest BCUT2D eigenvalue weighted by Crippen LogP contribution is 2.20. The first-order valence-corrected chi connectivity index (χ1v) is 10.7. The van der Waals surface area contributed by atoms with Crippen LogP contribution < -0.4 is 0 Å². The average molecular weight is 437 g/mol. The summed E-state index contributed by atoms with van der Waals surface area (Å²) in [6, 6.07) is 22.5. The lowest BCUT2D eigenvalue weighted by Crippen LogP contribution is -2.38. The Morgan fingerprint density at radius 2 is 1.69 bits per heavy atom. The van der Waals surface area contributed by atoms with Crippen molar-refractivity contribution in [3.63, 3.8) is 0 Å². The van der Waals surface area contributed by atoms with Crippen molar-refractivity contribution in [2.24, 2.45) is 5.16 Å². The van der Waals surface area contributed by atoms with Gasteiger partial charge >= 0.3 is 0 Å². The zero-order valence-corrected chi connectivity index (χ0v) is 17.7. The molecule has 0 saturated carbocycles. The molecule has 0 aromatic heterocycles. The maximum atomic E-state index is 13.7. The Hall–Kier alpha value is -3.09. The van der Waals surface area contributed by atoms with Crippen LogP contribution in [0.5, 0.6) is 0 Å². The summed E-state index contributed by atoms with van der Waals surface area (Å²) in [5.41, 5.74) is 3.49. The Bertz CT molecular complexity index is 1040. The number of hydrogen-bond donors (Lipinski definition) is 1. The SMILES string of the molecule is OC(Cc1ccccc1)CN(Cc1cccc(F)c1)CC1CC(c2ccc(F)cc2)=NO1. The standard InChI is InChI=1S/C26H26F2N2O2/c27-22-11-9-21(10-12-22)26-15-25(32-29-26)18-30(16-20-7-4-8-23(28)13-20)17-24(31)14-19-5-2-1-3-6-19/h1-13,24-25,31H,14-18H2. The summed E-state index contributed by atoms with van der Waals surface area (Å²) in [4.78, 5) is 7.70. The van der Waals surface area contributed by atoms with E-state index in [9.17, 15) is 13.9 Å². The second-order valence-corrected chi connectivity index (χ2v) is 8.14. The van der Waals surface area contributed by atoms with E-state index in [1.807, 2.05) is 36.4 Å². The van der Waals surface area contributed by atoms with E-state index in [4.69, 9.17) is 4.84 Å². The van der Waals surface area contributed by atoms with Crippen LogP contribution in [0.2, 0.25) is 0 Å². The molecule has 4 rings (SSSR count). The summed E-state index contributed by atoms with van der Waals surface area (Å²) in [7, 11) is 0. The molecule has 0 amide bonds. The molecule has 3 aromatic carbocycles. The molecule has 1 N–H and O–H groups in total. The van der Waals surface area contributed by atoms with Crippen LogP contribution in [0.15, 0.2) is 84.0 Å². The monoisotopic (exact) mass is 436 g/mol. The smallest absolute Gasteiger partial charge is 0.145 e. The molecule has 0 radical (unpaired) electrons. The minimum absolute atomic E-state index is 0.201. The first kappa shape index (κ1) is 22.1. The molecule has 1 heterocycles. The van der Waals surface area contributed by atoms with Gasteiger partial charge in [0.15, 0.2) is 0 Å². The van der Waals surface area contributed by atoms with Gasteiger partial charge in [0.2, 0.25) is 0 Å². The summed E-state index contributed by atoms with van der Waals surface area (Å²) in [5.74, 6) is -0.579. The van der Waals surface area contributed by atoms with Crippen molar-refractivity contribution in [3.05, 3.63) is 107 Å². The van der Waals surface area contributed by atoms with Crippen LogP contribution >= 0.6 is 0 Å². The van der Waals surface area contributed by atoms with Crippen molar-refractivity contribution in [2.75, 3.05) is 13.1 Å². The zero-order chi connectivity index (χ0) is 22.3. The van der Waals surface area contributed by atoms with Gasteiger partial charge in [0.05, 0.1) is 11.8 Å². The Labute approximate surface area is 186 Å². The Morgan fingerprint density at radius 3 is 2.44 bits per heavy atom. The van der Waals surface area contributed by atoms with E-state index in [0.29, 0.717) is 32.5 Å². The first-order valence-electron chi connectivity index (χ1n) is 10.7. The molecule has 1 aliphatic rings. The van der Waals surface area contributed by atoms with E-state index in [2.05, 4.69) is 10.1 Å². The average Bonchev–Trinajstić information content (AvgIpc) is 3.23. The summed E-state index contributed by atoms with van der Waals surface area (Å²) in [6.07, 6.45) is 0.334. The van der Waals surface area contributed by atoms with Gasteiger partial charge in [-0.25, -0.2) is 8.78 Å². The topological polar surface area (TPSA) is 45.1 Å².